The molecule has 0 saturated heterocycles. The number of esters is 3. The second kappa shape index (κ2) is 72.6. The number of hydrogen-bond donors (Lipinski definition) is 0. The fraction of sp³-hybridized carbons (Fsp3) is 0.935. The second-order valence-electron chi connectivity index (χ2n) is 26.3. The monoisotopic (exact) mass is 1170 g/mol. The van der Waals surface area contributed by atoms with E-state index in [4.69, 9.17) is 14.2 Å². The smallest absolute Gasteiger partial charge is 0.306 e. The lowest BCUT2D eigenvalue weighted by Crippen LogP contribution is -2.30. The summed E-state index contributed by atoms with van der Waals surface area (Å²) in [6.07, 6.45) is 88.4. The van der Waals surface area contributed by atoms with Crippen molar-refractivity contribution in [1.82, 2.24) is 0 Å². The zero-order chi connectivity index (χ0) is 59.9. The third kappa shape index (κ3) is 70.8. The van der Waals surface area contributed by atoms with E-state index in [0.29, 0.717) is 19.3 Å². The lowest BCUT2D eigenvalue weighted by molar-refractivity contribution is -0.167. The first-order valence-electron chi connectivity index (χ1n) is 38.2. The van der Waals surface area contributed by atoms with Gasteiger partial charge in [0.05, 0.1) is 0 Å². The van der Waals surface area contributed by atoms with Gasteiger partial charge in [0.1, 0.15) is 13.2 Å². The molecule has 492 valence electrons. The van der Waals surface area contributed by atoms with Crippen LogP contribution in [-0.2, 0) is 28.6 Å². The van der Waals surface area contributed by atoms with E-state index < -0.39 is 6.10 Å². The third-order valence-electron chi connectivity index (χ3n) is 17.8. The van der Waals surface area contributed by atoms with E-state index >= 15 is 0 Å². The van der Waals surface area contributed by atoms with Crippen LogP contribution in [0.4, 0.5) is 0 Å². The Balaban J connectivity index is 4.14. The summed E-state index contributed by atoms with van der Waals surface area (Å²) in [5.74, 6) is -0.820. The van der Waals surface area contributed by atoms with Gasteiger partial charge in [0.2, 0.25) is 0 Å². The number of allylic oxidation sites excluding steroid dienone is 2. The van der Waals surface area contributed by atoms with Crippen LogP contribution in [0.2, 0.25) is 0 Å². The third-order valence-corrected chi connectivity index (χ3v) is 17.8. The van der Waals surface area contributed by atoms with Gasteiger partial charge >= 0.3 is 17.9 Å². The van der Waals surface area contributed by atoms with Crippen LogP contribution in [0.5, 0.6) is 0 Å². The predicted molar refractivity (Wildman–Crippen MR) is 363 cm³/mol. The van der Waals surface area contributed by atoms with Gasteiger partial charge in [0.15, 0.2) is 6.10 Å². The Morgan fingerprint density at radius 2 is 0.398 bits per heavy atom. The van der Waals surface area contributed by atoms with Crippen molar-refractivity contribution in [2.75, 3.05) is 13.2 Å². The minimum atomic E-state index is -0.765. The molecule has 6 heteroatoms. The van der Waals surface area contributed by atoms with Crippen LogP contribution in [0.25, 0.3) is 0 Å². The van der Waals surface area contributed by atoms with Crippen molar-refractivity contribution in [3.63, 3.8) is 0 Å². The molecule has 0 rings (SSSR count). The highest BCUT2D eigenvalue weighted by Crippen LogP contribution is 2.20. The maximum Gasteiger partial charge on any atom is 0.306 e. The first kappa shape index (κ1) is 81.2. The first-order valence-corrected chi connectivity index (χ1v) is 38.2. The van der Waals surface area contributed by atoms with E-state index in [9.17, 15) is 14.4 Å². The Morgan fingerprint density at radius 1 is 0.229 bits per heavy atom. The van der Waals surface area contributed by atoms with Crippen molar-refractivity contribution in [3.05, 3.63) is 12.2 Å². The average molecular weight is 1170 g/mol. The molecule has 0 aliphatic carbocycles. The molecule has 0 heterocycles. The fourth-order valence-electron chi connectivity index (χ4n) is 12.0. The van der Waals surface area contributed by atoms with E-state index in [1.165, 1.54) is 347 Å². The summed E-state index contributed by atoms with van der Waals surface area (Å²) in [6, 6.07) is 0. The Bertz CT molecular complexity index is 1300. The molecule has 0 aromatic heterocycles. The van der Waals surface area contributed by atoms with Crippen molar-refractivity contribution in [2.24, 2.45) is 0 Å². The number of hydrogen-bond acceptors (Lipinski definition) is 6. The molecule has 0 fully saturated rings. The molecular weight excluding hydrogens is 1020 g/mol. The lowest BCUT2D eigenvalue weighted by Gasteiger charge is -2.18. The highest BCUT2D eigenvalue weighted by molar-refractivity contribution is 5.71. The van der Waals surface area contributed by atoms with E-state index in [-0.39, 0.29) is 31.1 Å². The summed E-state index contributed by atoms with van der Waals surface area (Å²) in [5, 5.41) is 0. The summed E-state index contributed by atoms with van der Waals surface area (Å²) in [4.78, 5) is 38.5. The molecule has 0 N–H and O–H groups in total. The van der Waals surface area contributed by atoms with Crippen molar-refractivity contribution in [3.8, 4) is 0 Å². The van der Waals surface area contributed by atoms with E-state index in [1.807, 2.05) is 0 Å². The Morgan fingerprint density at radius 3 is 0.602 bits per heavy atom. The van der Waals surface area contributed by atoms with Crippen LogP contribution in [0.1, 0.15) is 445 Å². The molecule has 0 spiro atoms. The van der Waals surface area contributed by atoms with E-state index in [2.05, 4.69) is 32.9 Å². The summed E-state index contributed by atoms with van der Waals surface area (Å²) >= 11 is 0. The quantitative estimate of drug-likeness (QED) is 0.0261. The minimum Gasteiger partial charge on any atom is -0.462 e. The molecule has 6 nitrogen and oxygen atoms in total. The summed E-state index contributed by atoms with van der Waals surface area (Å²) < 4.78 is 17.0. The molecule has 0 bridgehead atoms. The number of ether oxygens (including phenoxy) is 3. The van der Waals surface area contributed by atoms with Gasteiger partial charge in [-0.1, -0.05) is 392 Å². The fourth-order valence-corrected chi connectivity index (χ4v) is 12.0. The number of rotatable bonds is 72. The van der Waals surface area contributed by atoms with Crippen molar-refractivity contribution >= 4 is 17.9 Å². The van der Waals surface area contributed by atoms with Crippen molar-refractivity contribution in [1.29, 1.82) is 0 Å². The molecular formula is C77H148O6. The van der Waals surface area contributed by atoms with Crippen LogP contribution < -0.4 is 0 Å². The van der Waals surface area contributed by atoms with Gasteiger partial charge in [-0.25, -0.2) is 0 Å². The number of unbranched alkanes of at least 4 members (excludes halogenated alkanes) is 59. The van der Waals surface area contributed by atoms with Crippen molar-refractivity contribution in [2.45, 2.75) is 451 Å². The highest BCUT2D eigenvalue weighted by Gasteiger charge is 2.20. The topological polar surface area (TPSA) is 78.9 Å². The molecule has 1 atom stereocenters. The zero-order valence-corrected chi connectivity index (χ0v) is 56.8. The number of carbonyl (C=O) groups is 3. The van der Waals surface area contributed by atoms with Crippen LogP contribution in [0, 0.1) is 0 Å². The Hall–Kier alpha value is -1.85. The van der Waals surface area contributed by atoms with Crippen LogP contribution in [-0.4, -0.2) is 37.2 Å². The molecule has 0 saturated carbocycles. The molecule has 0 amide bonds. The molecule has 0 radical (unpaired) electrons. The molecule has 0 aromatic rings. The lowest BCUT2D eigenvalue weighted by atomic mass is 10.0. The Kier molecular flexibility index (Phi) is 71.0. The molecule has 0 aliphatic heterocycles. The van der Waals surface area contributed by atoms with Gasteiger partial charge in [-0.2, -0.15) is 0 Å². The molecule has 0 aromatic carbocycles. The Labute approximate surface area is 520 Å². The van der Waals surface area contributed by atoms with Gasteiger partial charge in [-0.15, -0.1) is 0 Å². The average Bonchev–Trinajstić information content (AvgIpc) is 3.49. The first-order chi connectivity index (χ1) is 41.0. The molecule has 0 aliphatic rings. The summed E-state index contributed by atoms with van der Waals surface area (Å²) in [7, 11) is 0. The van der Waals surface area contributed by atoms with Crippen LogP contribution in [0.15, 0.2) is 12.2 Å². The van der Waals surface area contributed by atoms with Gasteiger partial charge < -0.3 is 14.2 Å². The van der Waals surface area contributed by atoms with Crippen LogP contribution >= 0.6 is 0 Å². The molecule has 83 heavy (non-hydrogen) atoms. The van der Waals surface area contributed by atoms with Gasteiger partial charge in [-0.3, -0.25) is 14.4 Å². The maximum atomic E-state index is 13.0. The second-order valence-corrected chi connectivity index (χ2v) is 26.3. The zero-order valence-electron chi connectivity index (χ0n) is 56.8. The predicted octanol–water partition coefficient (Wildman–Crippen LogP) is 26.3. The van der Waals surface area contributed by atoms with Gasteiger partial charge in [0.25, 0.3) is 0 Å². The summed E-state index contributed by atoms with van der Waals surface area (Å²) in [5.41, 5.74) is 0. The van der Waals surface area contributed by atoms with E-state index in [0.717, 1.165) is 57.8 Å². The number of carbonyl (C=O) groups excluding carboxylic acids is 3. The van der Waals surface area contributed by atoms with Crippen molar-refractivity contribution < 1.29 is 28.6 Å². The molecule has 1 unspecified atom stereocenters. The summed E-state index contributed by atoms with van der Waals surface area (Å²) in [6.45, 7) is 6.74. The minimum absolute atomic E-state index is 0.0615. The van der Waals surface area contributed by atoms with Crippen LogP contribution in [0.3, 0.4) is 0 Å². The van der Waals surface area contributed by atoms with Gasteiger partial charge in [-0.05, 0) is 44.9 Å². The van der Waals surface area contributed by atoms with Gasteiger partial charge in [0, 0.05) is 19.3 Å². The standard InChI is InChI=1S/C77H148O6/c1-4-7-10-13-16-19-22-25-28-30-32-34-35-36-37-38-39-40-41-42-43-44-46-47-49-52-55-58-61-64-67-70-76(79)82-73-74(72-81-75(78)69-66-63-60-57-54-51-27-24-21-18-15-12-9-6-3)83-77(80)71-68-65-62-59-56-53-50-48-45-33-31-29-26-23-20-17-14-11-8-5-2/h30,32,74H,4-29,31,33-73H2,1-3H3/b32-30-. The maximum absolute atomic E-state index is 13.0. The SMILES string of the molecule is CCCCCCCCCC/C=C\CCCCCCCCCCCCCCCCCCCCCC(=O)OCC(COC(=O)CCCCCCCCCCCCCCCC)OC(=O)CCCCCCCCCCCCCCCCCCCCCC. The normalized spacial score (nSPS) is 12.0. The highest BCUT2D eigenvalue weighted by atomic mass is 16.6. The largest absolute Gasteiger partial charge is 0.462 e. The van der Waals surface area contributed by atoms with E-state index in [1.54, 1.807) is 0 Å².